The van der Waals surface area contributed by atoms with Gasteiger partial charge in [0.15, 0.2) is 0 Å². The molecule has 0 aliphatic rings. The minimum atomic E-state index is 0.107. The van der Waals surface area contributed by atoms with Crippen LogP contribution in [0, 0.1) is 6.42 Å². The number of hydrogen-bond acceptors (Lipinski definition) is 2. The van der Waals surface area contributed by atoms with E-state index in [1.807, 2.05) is 31.2 Å². The fourth-order valence-corrected chi connectivity index (χ4v) is 1.24. The SMILES string of the molecule is C[CH]CC(N)c1ccc(OC)cc1. The van der Waals surface area contributed by atoms with Crippen LogP contribution in [-0.4, -0.2) is 7.11 Å². The summed E-state index contributed by atoms with van der Waals surface area (Å²) in [5.41, 5.74) is 7.08. The third-order valence-corrected chi connectivity index (χ3v) is 2.03. The summed E-state index contributed by atoms with van der Waals surface area (Å²) in [5, 5.41) is 0. The van der Waals surface area contributed by atoms with Gasteiger partial charge in [-0.1, -0.05) is 19.1 Å². The second-order valence-electron chi connectivity index (χ2n) is 3.02. The molecule has 2 heteroatoms. The highest BCUT2D eigenvalue weighted by Crippen LogP contribution is 2.18. The number of hydrogen-bond donors (Lipinski definition) is 1. The Labute approximate surface area is 79.7 Å². The maximum absolute atomic E-state index is 5.92. The molecule has 1 unspecified atom stereocenters. The van der Waals surface area contributed by atoms with Crippen molar-refractivity contribution in [2.45, 2.75) is 19.4 Å². The Morgan fingerprint density at radius 2 is 2.00 bits per heavy atom. The molecule has 0 aliphatic heterocycles. The number of benzene rings is 1. The molecule has 1 radical (unpaired) electrons. The smallest absolute Gasteiger partial charge is 0.118 e. The van der Waals surface area contributed by atoms with Gasteiger partial charge < -0.3 is 10.5 Å². The van der Waals surface area contributed by atoms with Crippen LogP contribution in [0.15, 0.2) is 24.3 Å². The molecule has 1 rings (SSSR count). The van der Waals surface area contributed by atoms with Crippen LogP contribution in [0.4, 0.5) is 0 Å². The van der Waals surface area contributed by atoms with Crippen LogP contribution < -0.4 is 10.5 Å². The van der Waals surface area contributed by atoms with Gasteiger partial charge in [0.25, 0.3) is 0 Å². The Morgan fingerprint density at radius 3 is 2.46 bits per heavy atom. The second kappa shape index (κ2) is 4.87. The van der Waals surface area contributed by atoms with Crippen LogP contribution in [0.5, 0.6) is 5.75 Å². The van der Waals surface area contributed by atoms with Crippen molar-refractivity contribution in [2.24, 2.45) is 5.73 Å². The average molecular weight is 178 g/mol. The lowest BCUT2D eigenvalue weighted by Gasteiger charge is -2.10. The van der Waals surface area contributed by atoms with Crippen molar-refractivity contribution < 1.29 is 4.74 Å². The van der Waals surface area contributed by atoms with Crippen molar-refractivity contribution in [3.63, 3.8) is 0 Å². The molecule has 0 heterocycles. The fraction of sp³-hybridized carbons (Fsp3) is 0.364. The topological polar surface area (TPSA) is 35.2 Å². The molecule has 0 fully saturated rings. The summed E-state index contributed by atoms with van der Waals surface area (Å²) in [7, 11) is 1.66. The van der Waals surface area contributed by atoms with E-state index in [4.69, 9.17) is 10.5 Å². The molecule has 0 spiro atoms. The first-order valence-corrected chi connectivity index (χ1v) is 4.45. The highest BCUT2D eigenvalue weighted by molar-refractivity contribution is 5.29. The van der Waals surface area contributed by atoms with E-state index < -0.39 is 0 Å². The van der Waals surface area contributed by atoms with Gasteiger partial charge in [-0.25, -0.2) is 0 Å². The van der Waals surface area contributed by atoms with E-state index in [1.54, 1.807) is 7.11 Å². The average Bonchev–Trinajstić information content (AvgIpc) is 2.18. The van der Waals surface area contributed by atoms with Gasteiger partial charge in [0.05, 0.1) is 7.11 Å². The summed E-state index contributed by atoms with van der Waals surface area (Å²) in [6.45, 7) is 2.02. The second-order valence-corrected chi connectivity index (χ2v) is 3.02. The summed E-state index contributed by atoms with van der Waals surface area (Å²) in [5.74, 6) is 0.872. The van der Waals surface area contributed by atoms with Crippen LogP contribution in [0.1, 0.15) is 24.9 Å². The summed E-state index contributed by atoms with van der Waals surface area (Å²) >= 11 is 0. The third kappa shape index (κ3) is 2.74. The minimum absolute atomic E-state index is 0.107. The maximum atomic E-state index is 5.92. The van der Waals surface area contributed by atoms with Gasteiger partial charge in [0.1, 0.15) is 5.75 Å². The zero-order chi connectivity index (χ0) is 9.68. The molecule has 1 atom stereocenters. The summed E-state index contributed by atoms with van der Waals surface area (Å²) in [6.07, 6.45) is 2.99. The minimum Gasteiger partial charge on any atom is -0.497 e. The third-order valence-electron chi connectivity index (χ3n) is 2.03. The van der Waals surface area contributed by atoms with Crippen LogP contribution in [-0.2, 0) is 0 Å². The summed E-state index contributed by atoms with van der Waals surface area (Å²) in [4.78, 5) is 0. The van der Waals surface area contributed by atoms with E-state index >= 15 is 0 Å². The molecule has 1 aromatic rings. The first kappa shape index (κ1) is 10.1. The number of nitrogens with two attached hydrogens (primary N) is 1. The Balaban J connectivity index is 2.67. The van der Waals surface area contributed by atoms with E-state index in [1.165, 1.54) is 0 Å². The molecular weight excluding hydrogens is 162 g/mol. The standard InChI is InChI=1S/C11H16NO/c1-3-4-11(12)9-5-7-10(13-2)8-6-9/h3,5-8,11H,4,12H2,1-2H3. The molecule has 0 aliphatic carbocycles. The maximum Gasteiger partial charge on any atom is 0.118 e. The number of ether oxygens (including phenoxy) is 1. The molecule has 0 bridgehead atoms. The van der Waals surface area contributed by atoms with Crippen molar-refractivity contribution >= 4 is 0 Å². The molecule has 0 saturated heterocycles. The zero-order valence-corrected chi connectivity index (χ0v) is 8.16. The lowest BCUT2D eigenvalue weighted by Crippen LogP contribution is -2.09. The van der Waals surface area contributed by atoms with Crippen molar-refractivity contribution in [2.75, 3.05) is 7.11 Å². The first-order chi connectivity index (χ1) is 6.27. The van der Waals surface area contributed by atoms with Crippen molar-refractivity contribution in [1.82, 2.24) is 0 Å². The van der Waals surface area contributed by atoms with E-state index in [0.717, 1.165) is 17.7 Å². The highest BCUT2D eigenvalue weighted by Gasteiger charge is 2.03. The quantitative estimate of drug-likeness (QED) is 0.767. The Hall–Kier alpha value is -1.02. The lowest BCUT2D eigenvalue weighted by atomic mass is 10.0. The fourth-order valence-electron chi connectivity index (χ4n) is 1.24. The van der Waals surface area contributed by atoms with E-state index in [0.29, 0.717) is 0 Å². The van der Waals surface area contributed by atoms with Gasteiger partial charge in [-0.05, 0) is 30.5 Å². The molecule has 1 aromatic carbocycles. The number of rotatable bonds is 4. The van der Waals surface area contributed by atoms with Gasteiger partial charge in [-0.15, -0.1) is 0 Å². The van der Waals surface area contributed by atoms with E-state index in [9.17, 15) is 0 Å². The number of methoxy groups -OCH3 is 1. The molecule has 13 heavy (non-hydrogen) atoms. The summed E-state index contributed by atoms with van der Waals surface area (Å²) < 4.78 is 5.06. The Bertz CT molecular complexity index is 243. The monoisotopic (exact) mass is 178 g/mol. The van der Waals surface area contributed by atoms with Gasteiger partial charge in [-0.2, -0.15) is 0 Å². The van der Waals surface area contributed by atoms with Crippen LogP contribution in [0.25, 0.3) is 0 Å². The molecule has 0 amide bonds. The van der Waals surface area contributed by atoms with Crippen molar-refractivity contribution in [3.05, 3.63) is 36.2 Å². The van der Waals surface area contributed by atoms with Gasteiger partial charge >= 0.3 is 0 Å². The molecule has 0 aromatic heterocycles. The van der Waals surface area contributed by atoms with Crippen molar-refractivity contribution in [1.29, 1.82) is 0 Å². The molecule has 2 N–H and O–H groups in total. The highest BCUT2D eigenvalue weighted by atomic mass is 16.5. The molecule has 2 nitrogen and oxygen atoms in total. The van der Waals surface area contributed by atoms with E-state index in [2.05, 4.69) is 6.42 Å². The predicted molar refractivity (Wildman–Crippen MR) is 54.5 cm³/mol. The van der Waals surface area contributed by atoms with E-state index in [-0.39, 0.29) is 6.04 Å². The predicted octanol–water partition coefficient (Wildman–Crippen LogP) is 2.31. The first-order valence-electron chi connectivity index (χ1n) is 4.45. The molecule has 71 valence electrons. The van der Waals surface area contributed by atoms with Gasteiger partial charge in [-0.3, -0.25) is 0 Å². The normalized spacial score (nSPS) is 12.5. The van der Waals surface area contributed by atoms with Crippen LogP contribution >= 0.6 is 0 Å². The van der Waals surface area contributed by atoms with Crippen LogP contribution in [0.2, 0.25) is 0 Å². The van der Waals surface area contributed by atoms with Gasteiger partial charge in [0, 0.05) is 6.04 Å². The molecule has 0 saturated carbocycles. The largest absolute Gasteiger partial charge is 0.497 e. The van der Waals surface area contributed by atoms with Crippen molar-refractivity contribution in [3.8, 4) is 5.75 Å². The summed E-state index contributed by atoms with van der Waals surface area (Å²) in [6, 6.07) is 7.99. The zero-order valence-electron chi connectivity index (χ0n) is 8.16. The van der Waals surface area contributed by atoms with Gasteiger partial charge in [0.2, 0.25) is 0 Å². The molecular formula is C11H16NO. The van der Waals surface area contributed by atoms with Crippen LogP contribution in [0.3, 0.4) is 0 Å². The Kier molecular flexibility index (Phi) is 3.77. The lowest BCUT2D eigenvalue weighted by molar-refractivity contribution is 0.414. The Morgan fingerprint density at radius 1 is 1.38 bits per heavy atom.